The maximum absolute atomic E-state index is 13.3. The molecule has 1 atom stereocenters. The minimum Gasteiger partial charge on any atom is -0.489 e. The lowest BCUT2D eigenvalue weighted by Gasteiger charge is -2.35. The predicted molar refractivity (Wildman–Crippen MR) is 74.6 cm³/mol. The van der Waals surface area contributed by atoms with E-state index in [1.54, 1.807) is 17.0 Å². The molecule has 0 N–H and O–H groups in total. The molecule has 1 aliphatic rings. The highest BCUT2D eigenvalue weighted by molar-refractivity contribution is 6.07. The number of hydrogen-bond acceptors (Lipinski definition) is 2. The van der Waals surface area contributed by atoms with Crippen LogP contribution in [0.3, 0.4) is 0 Å². The van der Waals surface area contributed by atoms with Gasteiger partial charge in [-0.3, -0.25) is 9.69 Å². The van der Waals surface area contributed by atoms with Crippen LogP contribution in [0.4, 0.5) is 10.1 Å². The topological polar surface area (TPSA) is 29.5 Å². The number of carbonyl (C=O) groups excluding carboxylic acids is 1. The fraction of sp³-hybridized carbons (Fsp3) is 0.188. The van der Waals surface area contributed by atoms with Gasteiger partial charge in [0.15, 0.2) is 0 Å². The van der Waals surface area contributed by atoms with E-state index in [9.17, 15) is 9.18 Å². The molecule has 20 heavy (non-hydrogen) atoms. The molecule has 0 spiro atoms. The van der Waals surface area contributed by atoms with Crippen molar-refractivity contribution in [2.75, 3.05) is 11.5 Å². The van der Waals surface area contributed by atoms with Crippen LogP contribution in [-0.2, 0) is 0 Å². The van der Waals surface area contributed by atoms with E-state index in [1.165, 1.54) is 12.1 Å². The van der Waals surface area contributed by atoms with Crippen LogP contribution < -0.4 is 9.64 Å². The molecule has 0 saturated carbocycles. The number of fused-ring (bicyclic) bond motifs is 1. The minimum absolute atomic E-state index is 0.0966. The lowest BCUT2D eigenvalue weighted by Crippen LogP contribution is -2.45. The maximum Gasteiger partial charge on any atom is 0.258 e. The van der Waals surface area contributed by atoms with E-state index < -0.39 is 5.82 Å². The van der Waals surface area contributed by atoms with Gasteiger partial charge in [-0.25, -0.2) is 4.39 Å². The summed E-state index contributed by atoms with van der Waals surface area (Å²) in [4.78, 5) is 14.3. The lowest BCUT2D eigenvalue weighted by atomic mass is 10.1. The number of nitrogens with zero attached hydrogens (tertiary/aromatic N) is 1. The minimum atomic E-state index is -0.412. The summed E-state index contributed by atoms with van der Waals surface area (Å²) < 4.78 is 18.9. The summed E-state index contributed by atoms with van der Waals surface area (Å²) >= 11 is 0. The Hall–Kier alpha value is -2.36. The second-order valence-corrected chi connectivity index (χ2v) is 4.81. The number of rotatable bonds is 1. The molecule has 4 heteroatoms. The van der Waals surface area contributed by atoms with Crippen LogP contribution in [0.1, 0.15) is 17.3 Å². The summed E-state index contributed by atoms with van der Waals surface area (Å²) in [5.74, 6) is 0.0492. The third kappa shape index (κ3) is 2.13. The van der Waals surface area contributed by atoms with Gasteiger partial charge in [-0.2, -0.15) is 0 Å². The molecule has 3 rings (SSSR count). The largest absolute Gasteiger partial charge is 0.489 e. The van der Waals surface area contributed by atoms with Crippen molar-refractivity contribution in [2.24, 2.45) is 0 Å². The van der Waals surface area contributed by atoms with Crippen molar-refractivity contribution < 1.29 is 13.9 Å². The van der Waals surface area contributed by atoms with E-state index in [2.05, 4.69) is 0 Å². The number of para-hydroxylation sites is 2. The summed E-state index contributed by atoms with van der Waals surface area (Å²) in [6.45, 7) is 2.34. The molecule has 0 aromatic heterocycles. The SMILES string of the molecule is CC1COc2ccccc2N1C(=O)c1cccc(F)c1. The van der Waals surface area contributed by atoms with Crippen molar-refractivity contribution in [2.45, 2.75) is 13.0 Å². The van der Waals surface area contributed by atoms with Crippen molar-refractivity contribution in [3.8, 4) is 5.75 Å². The molecule has 1 unspecified atom stereocenters. The molecule has 0 radical (unpaired) electrons. The van der Waals surface area contributed by atoms with E-state index in [1.807, 2.05) is 31.2 Å². The molecule has 1 amide bonds. The number of halogens is 1. The van der Waals surface area contributed by atoms with Crippen LogP contribution in [0.25, 0.3) is 0 Å². The molecule has 0 fully saturated rings. The fourth-order valence-corrected chi connectivity index (χ4v) is 2.37. The van der Waals surface area contributed by atoms with Gasteiger partial charge in [0.05, 0.1) is 11.7 Å². The van der Waals surface area contributed by atoms with Crippen molar-refractivity contribution in [1.29, 1.82) is 0 Å². The summed E-state index contributed by atoms with van der Waals surface area (Å²) in [6.07, 6.45) is 0. The van der Waals surface area contributed by atoms with Gasteiger partial charge >= 0.3 is 0 Å². The number of amides is 1. The third-order valence-electron chi connectivity index (χ3n) is 3.34. The lowest BCUT2D eigenvalue weighted by molar-refractivity contribution is 0.0960. The van der Waals surface area contributed by atoms with Crippen LogP contribution in [0.2, 0.25) is 0 Å². The first-order valence-electron chi connectivity index (χ1n) is 6.48. The predicted octanol–water partition coefficient (Wildman–Crippen LogP) is 3.25. The van der Waals surface area contributed by atoms with Gasteiger partial charge in [-0.1, -0.05) is 18.2 Å². The number of ether oxygens (including phenoxy) is 1. The fourth-order valence-electron chi connectivity index (χ4n) is 2.37. The van der Waals surface area contributed by atoms with E-state index in [-0.39, 0.29) is 11.9 Å². The molecule has 0 saturated heterocycles. The number of hydrogen-bond donors (Lipinski definition) is 0. The van der Waals surface area contributed by atoms with Crippen molar-refractivity contribution in [1.82, 2.24) is 0 Å². The maximum atomic E-state index is 13.3. The zero-order valence-electron chi connectivity index (χ0n) is 11.0. The first-order valence-corrected chi connectivity index (χ1v) is 6.48. The average molecular weight is 271 g/mol. The van der Waals surface area contributed by atoms with Crippen LogP contribution in [-0.4, -0.2) is 18.6 Å². The van der Waals surface area contributed by atoms with Crippen molar-refractivity contribution >= 4 is 11.6 Å². The first-order chi connectivity index (χ1) is 9.66. The highest BCUT2D eigenvalue weighted by Crippen LogP contribution is 2.34. The molecular weight excluding hydrogens is 257 g/mol. The third-order valence-corrected chi connectivity index (χ3v) is 3.34. The normalized spacial score (nSPS) is 17.3. The standard InChI is InChI=1S/C16H14FNO2/c1-11-10-20-15-8-3-2-7-14(15)18(11)16(19)12-5-4-6-13(17)9-12/h2-9,11H,10H2,1H3. The monoisotopic (exact) mass is 271 g/mol. The van der Waals surface area contributed by atoms with Gasteiger partial charge in [0.25, 0.3) is 5.91 Å². The van der Waals surface area contributed by atoms with E-state index in [0.29, 0.717) is 17.9 Å². The molecule has 2 aromatic rings. The highest BCUT2D eigenvalue weighted by Gasteiger charge is 2.30. The smallest absolute Gasteiger partial charge is 0.258 e. The summed E-state index contributed by atoms with van der Waals surface area (Å²) in [5, 5.41) is 0. The Bertz CT molecular complexity index is 656. The molecule has 2 aromatic carbocycles. The quantitative estimate of drug-likeness (QED) is 0.796. The van der Waals surface area contributed by atoms with Crippen molar-refractivity contribution in [3.63, 3.8) is 0 Å². The zero-order valence-corrected chi connectivity index (χ0v) is 11.0. The molecule has 0 aliphatic carbocycles. The highest BCUT2D eigenvalue weighted by atomic mass is 19.1. The zero-order chi connectivity index (χ0) is 14.1. The Morgan fingerprint density at radius 1 is 1.25 bits per heavy atom. The van der Waals surface area contributed by atoms with Gasteiger partial charge in [-0.15, -0.1) is 0 Å². The molecule has 102 valence electrons. The summed E-state index contributed by atoms with van der Waals surface area (Å²) in [5.41, 5.74) is 1.06. The van der Waals surface area contributed by atoms with E-state index >= 15 is 0 Å². The average Bonchev–Trinajstić information content (AvgIpc) is 2.46. The van der Waals surface area contributed by atoms with Crippen LogP contribution in [0.5, 0.6) is 5.75 Å². The van der Waals surface area contributed by atoms with Gasteiger partial charge < -0.3 is 4.74 Å². The Balaban J connectivity index is 2.03. The number of anilines is 1. The second kappa shape index (κ2) is 4.96. The van der Waals surface area contributed by atoms with Crippen LogP contribution in [0, 0.1) is 5.82 Å². The number of carbonyl (C=O) groups is 1. The Morgan fingerprint density at radius 2 is 2.05 bits per heavy atom. The van der Waals surface area contributed by atoms with Crippen LogP contribution >= 0.6 is 0 Å². The molecular formula is C16H14FNO2. The summed E-state index contributed by atoms with van der Waals surface area (Å²) in [7, 11) is 0. The van der Waals surface area contributed by atoms with Crippen molar-refractivity contribution in [3.05, 3.63) is 59.9 Å². The summed E-state index contributed by atoms with van der Waals surface area (Å²) in [6, 6.07) is 13.0. The Kier molecular flexibility index (Phi) is 3.14. The van der Waals surface area contributed by atoms with Crippen LogP contribution in [0.15, 0.2) is 48.5 Å². The van der Waals surface area contributed by atoms with Gasteiger partial charge in [0.2, 0.25) is 0 Å². The van der Waals surface area contributed by atoms with E-state index in [0.717, 1.165) is 5.69 Å². The van der Waals surface area contributed by atoms with Gasteiger partial charge in [0, 0.05) is 5.56 Å². The van der Waals surface area contributed by atoms with Gasteiger partial charge in [-0.05, 0) is 37.3 Å². The molecule has 0 bridgehead atoms. The Labute approximate surface area is 116 Å². The second-order valence-electron chi connectivity index (χ2n) is 4.81. The number of benzene rings is 2. The van der Waals surface area contributed by atoms with Gasteiger partial charge in [0.1, 0.15) is 18.2 Å². The molecule has 1 heterocycles. The Morgan fingerprint density at radius 3 is 2.85 bits per heavy atom. The molecule has 3 nitrogen and oxygen atoms in total. The molecule has 1 aliphatic heterocycles. The first kappa shape index (κ1) is 12.7. The van der Waals surface area contributed by atoms with E-state index in [4.69, 9.17) is 4.74 Å².